The normalized spacial score (nSPS) is 11.6. The highest BCUT2D eigenvalue weighted by Crippen LogP contribution is 2.35. The highest BCUT2D eigenvalue weighted by molar-refractivity contribution is 5.93. The Hall–Kier alpha value is -3.27. The van der Waals surface area contributed by atoms with E-state index in [0.29, 0.717) is 11.4 Å². The molecule has 0 bridgehead atoms. The molecule has 3 rings (SSSR count). The van der Waals surface area contributed by atoms with Crippen LogP contribution in [0.4, 0.5) is 5.69 Å². The maximum atomic E-state index is 12.8. The number of hydrogen-bond donors (Lipinski definition) is 2. The minimum absolute atomic E-state index is 0.145. The first kappa shape index (κ1) is 18.5. The molecule has 0 spiro atoms. The van der Waals surface area contributed by atoms with Gasteiger partial charge in [0, 0.05) is 17.9 Å². The molecule has 27 heavy (non-hydrogen) atoms. The molecule has 0 aliphatic carbocycles. The Labute approximate surface area is 159 Å². The fourth-order valence-corrected chi connectivity index (χ4v) is 3.18. The number of aryl methyl sites for hydroxylation is 1. The quantitative estimate of drug-likeness (QED) is 0.658. The number of aromatic hydroxyl groups is 1. The molecule has 138 valence electrons. The van der Waals surface area contributed by atoms with Crippen LogP contribution in [0.2, 0.25) is 0 Å². The summed E-state index contributed by atoms with van der Waals surface area (Å²) in [6, 6.07) is 22.6. The Morgan fingerprint density at radius 3 is 2.44 bits per heavy atom. The fraction of sp³-hybridized carbons (Fsp3) is 0.174. The van der Waals surface area contributed by atoms with E-state index >= 15 is 0 Å². The number of nitrogens with one attached hydrogen (secondary N) is 1. The maximum absolute atomic E-state index is 12.8. The van der Waals surface area contributed by atoms with Gasteiger partial charge < -0.3 is 15.2 Å². The van der Waals surface area contributed by atoms with E-state index in [9.17, 15) is 9.90 Å². The van der Waals surface area contributed by atoms with Gasteiger partial charge in [-0.15, -0.1) is 0 Å². The molecule has 4 heteroatoms. The van der Waals surface area contributed by atoms with Gasteiger partial charge in [0.2, 0.25) is 5.91 Å². The zero-order chi connectivity index (χ0) is 19.2. The first-order valence-electron chi connectivity index (χ1n) is 8.86. The Kier molecular flexibility index (Phi) is 5.77. The van der Waals surface area contributed by atoms with Gasteiger partial charge in [0.05, 0.1) is 12.8 Å². The van der Waals surface area contributed by atoms with E-state index in [-0.39, 0.29) is 24.0 Å². The lowest BCUT2D eigenvalue weighted by atomic mass is 9.87. The zero-order valence-electron chi connectivity index (χ0n) is 15.5. The predicted octanol–water partition coefficient (Wildman–Crippen LogP) is 4.87. The van der Waals surface area contributed by atoms with Crippen LogP contribution in [0, 0.1) is 6.92 Å². The summed E-state index contributed by atoms with van der Waals surface area (Å²) in [7, 11) is 1.57. The average Bonchev–Trinajstić information content (AvgIpc) is 2.68. The van der Waals surface area contributed by atoms with Crippen LogP contribution in [-0.4, -0.2) is 18.1 Å². The van der Waals surface area contributed by atoms with Crippen LogP contribution in [0.3, 0.4) is 0 Å². The number of carbonyl (C=O) groups is 1. The van der Waals surface area contributed by atoms with Crippen LogP contribution in [0.5, 0.6) is 11.5 Å². The van der Waals surface area contributed by atoms with E-state index < -0.39 is 0 Å². The lowest BCUT2D eigenvalue weighted by molar-refractivity contribution is -0.116. The number of ether oxygens (including phenoxy) is 1. The fourth-order valence-electron chi connectivity index (χ4n) is 3.18. The van der Waals surface area contributed by atoms with Gasteiger partial charge >= 0.3 is 0 Å². The number of benzene rings is 3. The molecular formula is C23H23NO3. The van der Waals surface area contributed by atoms with Crippen molar-refractivity contribution < 1.29 is 14.6 Å². The van der Waals surface area contributed by atoms with Crippen LogP contribution in [0.1, 0.15) is 29.0 Å². The highest BCUT2D eigenvalue weighted by Gasteiger charge is 2.21. The second-order valence-electron chi connectivity index (χ2n) is 6.48. The Bertz CT molecular complexity index is 922. The predicted molar refractivity (Wildman–Crippen MR) is 107 cm³/mol. The van der Waals surface area contributed by atoms with E-state index in [0.717, 1.165) is 16.7 Å². The molecule has 1 atom stereocenters. The van der Waals surface area contributed by atoms with Crippen molar-refractivity contribution in [2.75, 3.05) is 12.4 Å². The van der Waals surface area contributed by atoms with Gasteiger partial charge in [0.25, 0.3) is 0 Å². The van der Waals surface area contributed by atoms with Crippen molar-refractivity contribution in [2.24, 2.45) is 0 Å². The third kappa shape index (κ3) is 4.47. The van der Waals surface area contributed by atoms with Crippen molar-refractivity contribution >= 4 is 11.6 Å². The van der Waals surface area contributed by atoms with Gasteiger partial charge in [0.1, 0.15) is 11.5 Å². The summed E-state index contributed by atoms with van der Waals surface area (Å²) in [6.07, 6.45) is 0.207. The number of methoxy groups -OCH3 is 1. The van der Waals surface area contributed by atoms with Crippen LogP contribution in [0.25, 0.3) is 0 Å². The van der Waals surface area contributed by atoms with Crippen LogP contribution < -0.4 is 10.1 Å². The summed E-state index contributed by atoms with van der Waals surface area (Å²) in [4.78, 5) is 12.8. The van der Waals surface area contributed by atoms with Gasteiger partial charge in [-0.25, -0.2) is 0 Å². The van der Waals surface area contributed by atoms with Crippen molar-refractivity contribution in [1.29, 1.82) is 0 Å². The summed E-state index contributed by atoms with van der Waals surface area (Å²) in [6.45, 7) is 1.93. The van der Waals surface area contributed by atoms with Crippen LogP contribution >= 0.6 is 0 Å². The van der Waals surface area contributed by atoms with Crippen molar-refractivity contribution in [3.05, 3.63) is 89.5 Å². The molecule has 3 aromatic rings. The third-order valence-electron chi connectivity index (χ3n) is 4.53. The second kappa shape index (κ2) is 8.41. The van der Waals surface area contributed by atoms with E-state index in [1.807, 2.05) is 61.5 Å². The molecule has 0 aromatic heterocycles. The summed E-state index contributed by atoms with van der Waals surface area (Å²) < 4.78 is 5.30. The minimum Gasteiger partial charge on any atom is -0.508 e. The molecule has 0 radical (unpaired) electrons. The molecule has 0 saturated carbocycles. The molecular weight excluding hydrogens is 338 g/mol. The molecule has 0 saturated heterocycles. The van der Waals surface area contributed by atoms with Gasteiger partial charge in [0.15, 0.2) is 0 Å². The summed E-state index contributed by atoms with van der Waals surface area (Å²) in [5.41, 5.74) is 3.32. The van der Waals surface area contributed by atoms with E-state index in [1.54, 1.807) is 25.3 Å². The third-order valence-corrected chi connectivity index (χ3v) is 4.53. The molecule has 0 heterocycles. The molecule has 1 amide bonds. The number of hydrogen-bond acceptors (Lipinski definition) is 3. The van der Waals surface area contributed by atoms with Crippen molar-refractivity contribution in [1.82, 2.24) is 0 Å². The number of rotatable bonds is 6. The van der Waals surface area contributed by atoms with Crippen LogP contribution in [0.15, 0.2) is 72.8 Å². The number of carbonyl (C=O) groups excluding carboxylic acids is 1. The van der Waals surface area contributed by atoms with E-state index in [2.05, 4.69) is 5.32 Å². The highest BCUT2D eigenvalue weighted by atomic mass is 16.5. The molecule has 0 aliphatic heterocycles. The van der Waals surface area contributed by atoms with E-state index in [4.69, 9.17) is 4.74 Å². The number of phenolic OH excluding ortho intramolecular Hbond substituents is 1. The number of phenols is 1. The molecule has 2 N–H and O–H groups in total. The maximum Gasteiger partial charge on any atom is 0.225 e. The van der Waals surface area contributed by atoms with Crippen molar-refractivity contribution in [2.45, 2.75) is 19.3 Å². The Balaban J connectivity index is 1.88. The van der Waals surface area contributed by atoms with Crippen molar-refractivity contribution in [3.8, 4) is 11.5 Å². The Morgan fingerprint density at radius 2 is 1.74 bits per heavy atom. The zero-order valence-corrected chi connectivity index (χ0v) is 15.5. The van der Waals surface area contributed by atoms with Gasteiger partial charge in [-0.3, -0.25) is 4.79 Å². The lowest BCUT2D eigenvalue weighted by Gasteiger charge is -2.20. The number of para-hydroxylation sites is 2. The monoisotopic (exact) mass is 361 g/mol. The summed E-state index contributed by atoms with van der Waals surface area (Å²) in [5.74, 6) is 0.420. The molecule has 4 nitrogen and oxygen atoms in total. The SMILES string of the molecule is COc1ccccc1NC(=O)C[C@@H](c1ccccc1)c1ccc(C)cc1O. The van der Waals surface area contributed by atoms with Crippen molar-refractivity contribution in [3.63, 3.8) is 0 Å². The number of anilines is 1. The minimum atomic E-state index is -0.249. The Morgan fingerprint density at radius 1 is 1.04 bits per heavy atom. The molecule has 0 fully saturated rings. The first-order valence-corrected chi connectivity index (χ1v) is 8.86. The summed E-state index contributed by atoms with van der Waals surface area (Å²) >= 11 is 0. The largest absolute Gasteiger partial charge is 0.508 e. The second-order valence-corrected chi connectivity index (χ2v) is 6.48. The van der Waals surface area contributed by atoms with E-state index in [1.165, 1.54) is 0 Å². The topological polar surface area (TPSA) is 58.6 Å². The number of amides is 1. The summed E-state index contributed by atoms with van der Waals surface area (Å²) in [5, 5.41) is 13.4. The lowest BCUT2D eigenvalue weighted by Crippen LogP contribution is -2.17. The molecule has 3 aromatic carbocycles. The van der Waals surface area contributed by atoms with Gasteiger partial charge in [-0.1, -0.05) is 54.6 Å². The average molecular weight is 361 g/mol. The molecule has 0 unspecified atom stereocenters. The molecule has 0 aliphatic rings. The standard InChI is InChI=1S/C23H23NO3/c1-16-12-13-18(21(25)14-16)19(17-8-4-3-5-9-17)15-23(26)24-20-10-6-7-11-22(20)27-2/h3-14,19,25H,15H2,1-2H3,(H,24,26)/t19-/m0/s1. The smallest absolute Gasteiger partial charge is 0.225 e. The van der Waals surface area contributed by atoms with Gasteiger partial charge in [-0.05, 0) is 36.2 Å². The first-order chi connectivity index (χ1) is 13.1. The van der Waals surface area contributed by atoms with Crippen LogP contribution in [-0.2, 0) is 4.79 Å². The van der Waals surface area contributed by atoms with Gasteiger partial charge in [-0.2, -0.15) is 0 Å².